The summed E-state index contributed by atoms with van der Waals surface area (Å²) in [6, 6.07) is 10.3. The number of carbonyl (C=O) groups is 2. The van der Waals surface area contributed by atoms with Gasteiger partial charge in [-0.25, -0.2) is 9.18 Å². The average Bonchev–Trinajstić information content (AvgIpc) is 2.70. The Balaban J connectivity index is 1.97. The molecule has 7 heteroatoms. The van der Waals surface area contributed by atoms with Gasteiger partial charge in [0.2, 0.25) is 0 Å². The molecule has 0 fully saturated rings. The first kappa shape index (κ1) is 20.2. The van der Waals surface area contributed by atoms with Gasteiger partial charge < -0.3 is 19.1 Å². The van der Waals surface area contributed by atoms with Crippen LogP contribution in [0.5, 0.6) is 11.5 Å². The lowest BCUT2D eigenvalue weighted by Gasteiger charge is -2.21. The number of hydrogen-bond acceptors (Lipinski definition) is 5. The number of halogens is 1. The largest absolute Gasteiger partial charge is 0.493 e. The predicted molar refractivity (Wildman–Crippen MR) is 97.3 cm³/mol. The monoisotopic (exact) mass is 375 g/mol. The molecule has 0 aliphatic rings. The maximum atomic E-state index is 12.9. The van der Waals surface area contributed by atoms with Gasteiger partial charge in [0.1, 0.15) is 5.82 Å². The molecule has 0 radical (unpaired) electrons. The fraction of sp³-hybridized carbons (Fsp3) is 0.300. The molecule has 0 spiro atoms. The lowest BCUT2D eigenvalue weighted by atomic mass is 10.2. The smallest absolute Gasteiger partial charge is 0.338 e. The minimum Gasteiger partial charge on any atom is -0.493 e. The molecular weight excluding hydrogens is 353 g/mol. The van der Waals surface area contributed by atoms with Gasteiger partial charge in [-0.3, -0.25) is 4.79 Å². The number of nitrogens with zero attached hydrogens (tertiary/aromatic N) is 1. The quantitative estimate of drug-likeness (QED) is 0.664. The standard InChI is InChI=1S/C20H22FNO5/c1-4-22(12-14-5-10-17(25-2)18(11-14)26-3)19(23)13-27-20(24)15-6-8-16(21)9-7-15/h5-11H,4,12-13H2,1-3H3. The van der Waals surface area contributed by atoms with Gasteiger partial charge in [-0.2, -0.15) is 0 Å². The molecule has 0 saturated heterocycles. The van der Waals surface area contributed by atoms with E-state index in [9.17, 15) is 14.0 Å². The van der Waals surface area contributed by atoms with Crippen LogP contribution in [0, 0.1) is 5.82 Å². The molecule has 6 nitrogen and oxygen atoms in total. The van der Waals surface area contributed by atoms with Crippen LogP contribution >= 0.6 is 0 Å². The third-order valence-corrected chi connectivity index (χ3v) is 3.96. The van der Waals surface area contributed by atoms with Crippen molar-refractivity contribution in [3.05, 3.63) is 59.4 Å². The molecule has 0 aliphatic heterocycles. The highest BCUT2D eigenvalue weighted by Crippen LogP contribution is 2.28. The van der Waals surface area contributed by atoms with Crippen molar-refractivity contribution in [2.75, 3.05) is 27.4 Å². The maximum Gasteiger partial charge on any atom is 0.338 e. The van der Waals surface area contributed by atoms with Crippen LogP contribution in [0.1, 0.15) is 22.8 Å². The van der Waals surface area contributed by atoms with Crippen LogP contribution in [0.25, 0.3) is 0 Å². The fourth-order valence-corrected chi connectivity index (χ4v) is 2.46. The molecule has 2 aromatic rings. The van der Waals surface area contributed by atoms with Crippen molar-refractivity contribution in [2.24, 2.45) is 0 Å². The highest BCUT2D eigenvalue weighted by atomic mass is 19.1. The molecule has 0 heterocycles. The van der Waals surface area contributed by atoms with Gasteiger partial charge >= 0.3 is 5.97 Å². The molecule has 0 unspecified atom stereocenters. The van der Waals surface area contributed by atoms with Crippen LogP contribution in [-0.2, 0) is 16.1 Å². The number of carbonyl (C=O) groups excluding carboxylic acids is 2. The van der Waals surface area contributed by atoms with Gasteiger partial charge in [-0.05, 0) is 48.9 Å². The Bertz CT molecular complexity index is 791. The normalized spacial score (nSPS) is 10.2. The Morgan fingerprint density at radius 3 is 2.26 bits per heavy atom. The third kappa shape index (κ3) is 5.44. The van der Waals surface area contributed by atoms with Crippen molar-refractivity contribution in [2.45, 2.75) is 13.5 Å². The second kappa shape index (κ2) is 9.56. The van der Waals surface area contributed by atoms with E-state index in [0.717, 1.165) is 17.7 Å². The molecule has 1 amide bonds. The van der Waals surface area contributed by atoms with Gasteiger partial charge in [-0.15, -0.1) is 0 Å². The minimum absolute atomic E-state index is 0.187. The van der Waals surface area contributed by atoms with Crippen LogP contribution in [-0.4, -0.2) is 44.1 Å². The zero-order valence-corrected chi connectivity index (χ0v) is 15.5. The van der Waals surface area contributed by atoms with Gasteiger partial charge in [-0.1, -0.05) is 6.07 Å². The Hall–Kier alpha value is -3.09. The van der Waals surface area contributed by atoms with Crippen molar-refractivity contribution < 1.29 is 28.2 Å². The highest BCUT2D eigenvalue weighted by Gasteiger charge is 2.16. The molecule has 0 aromatic heterocycles. The van der Waals surface area contributed by atoms with Crippen molar-refractivity contribution >= 4 is 11.9 Å². The summed E-state index contributed by atoms with van der Waals surface area (Å²) in [5.41, 5.74) is 1.04. The number of methoxy groups -OCH3 is 2. The van der Waals surface area contributed by atoms with Gasteiger partial charge in [0, 0.05) is 13.1 Å². The number of esters is 1. The summed E-state index contributed by atoms with van der Waals surface area (Å²) in [6.45, 7) is 2.23. The maximum absolute atomic E-state index is 12.9. The first-order valence-electron chi connectivity index (χ1n) is 8.39. The van der Waals surface area contributed by atoms with Crippen LogP contribution in [0.4, 0.5) is 4.39 Å². The van der Waals surface area contributed by atoms with Crippen LogP contribution in [0.3, 0.4) is 0 Å². The second-order valence-corrected chi connectivity index (χ2v) is 5.68. The summed E-state index contributed by atoms with van der Waals surface area (Å²) < 4.78 is 28.4. The SMILES string of the molecule is CCN(Cc1ccc(OC)c(OC)c1)C(=O)COC(=O)c1ccc(F)cc1. The van der Waals surface area contributed by atoms with Gasteiger partial charge in [0.15, 0.2) is 18.1 Å². The average molecular weight is 375 g/mol. The van der Waals surface area contributed by atoms with E-state index in [-0.39, 0.29) is 11.5 Å². The number of ether oxygens (including phenoxy) is 3. The number of rotatable bonds is 8. The molecule has 0 atom stereocenters. The molecule has 0 N–H and O–H groups in total. The topological polar surface area (TPSA) is 65.1 Å². The lowest BCUT2D eigenvalue weighted by Crippen LogP contribution is -2.34. The molecule has 27 heavy (non-hydrogen) atoms. The summed E-state index contributed by atoms with van der Waals surface area (Å²) in [5.74, 6) is -0.284. The van der Waals surface area contributed by atoms with E-state index in [1.165, 1.54) is 12.1 Å². The first-order chi connectivity index (χ1) is 13.0. The molecule has 144 valence electrons. The number of benzene rings is 2. The number of hydrogen-bond donors (Lipinski definition) is 0. The van der Waals surface area contributed by atoms with Crippen LogP contribution in [0.15, 0.2) is 42.5 Å². The summed E-state index contributed by atoms with van der Waals surface area (Å²) in [7, 11) is 3.09. The Kier molecular flexibility index (Phi) is 7.16. The Morgan fingerprint density at radius 1 is 1.00 bits per heavy atom. The number of likely N-dealkylation sites (N-methyl/N-ethyl adjacent to an activating group) is 1. The molecule has 0 aliphatic carbocycles. The van der Waals surface area contributed by atoms with E-state index in [2.05, 4.69) is 0 Å². The Labute approximate surface area is 157 Å². The molecule has 2 rings (SSSR count). The van der Waals surface area contributed by atoms with E-state index in [1.54, 1.807) is 31.3 Å². The minimum atomic E-state index is -0.675. The fourth-order valence-electron chi connectivity index (χ4n) is 2.46. The first-order valence-corrected chi connectivity index (χ1v) is 8.39. The molecule has 0 bridgehead atoms. The van der Waals surface area contributed by atoms with Gasteiger partial charge in [0.25, 0.3) is 5.91 Å². The van der Waals surface area contributed by atoms with E-state index >= 15 is 0 Å². The zero-order valence-electron chi connectivity index (χ0n) is 15.5. The summed E-state index contributed by atoms with van der Waals surface area (Å²) in [5, 5.41) is 0. The van der Waals surface area contributed by atoms with E-state index in [0.29, 0.717) is 24.6 Å². The second-order valence-electron chi connectivity index (χ2n) is 5.68. The van der Waals surface area contributed by atoms with Crippen molar-refractivity contribution in [3.63, 3.8) is 0 Å². The van der Waals surface area contributed by atoms with Crippen molar-refractivity contribution in [3.8, 4) is 11.5 Å². The lowest BCUT2D eigenvalue weighted by molar-refractivity contribution is -0.134. The molecule has 2 aromatic carbocycles. The van der Waals surface area contributed by atoms with Crippen molar-refractivity contribution in [1.82, 2.24) is 4.90 Å². The van der Waals surface area contributed by atoms with Crippen LogP contribution in [0.2, 0.25) is 0 Å². The zero-order chi connectivity index (χ0) is 19.8. The predicted octanol–water partition coefficient (Wildman–Crippen LogP) is 3.05. The summed E-state index contributed by atoms with van der Waals surface area (Å²) in [4.78, 5) is 25.9. The number of amides is 1. The van der Waals surface area contributed by atoms with E-state index in [4.69, 9.17) is 14.2 Å². The summed E-state index contributed by atoms with van der Waals surface area (Å²) in [6.07, 6.45) is 0. The highest BCUT2D eigenvalue weighted by molar-refractivity contribution is 5.91. The van der Waals surface area contributed by atoms with Crippen molar-refractivity contribution in [1.29, 1.82) is 0 Å². The van der Waals surface area contributed by atoms with E-state index in [1.807, 2.05) is 13.0 Å². The summed E-state index contributed by atoms with van der Waals surface area (Å²) >= 11 is 0. The van der Waals surface area contributed by atoms with E-state index < -0.39 is 18.4 Å². The Morgan fingerprint density at radius 2 is 1.67 bits per heavy atom. The molecule has 0 saturated carbocycles. The third-order valence-electron chi connectivity index (χ3n) is 3.96. The molecular formula is C20H22FNO5. The van der Waals surface area contributed by atoms with Gasteiger partial charge in [0.05, 0.1) is 19.8 Å². The van der Waals surface area contributed by atoms with Crippen LogP contribution < -0.4 is 9.47 Å².